The monoisotopic (exact) mass is 279 g/mol. The number of halogens is 1. The molecule has 2 rings (SSSR count). The molecule has 0 saturated carbocycles. The van der Waals surface area contributed by atoms with Crippen LogP contribution in [0.25, 0.3) is 0 Å². The van der Waals surface area contributed by atoms with Crippen molar-refractivity contribution in [2.45, 2.75) is 26.3 Å². The third-order valence-electron chi connectivity index (χ3n) is 4.03. The zero-order chi connectivity index (χ0) is 14.7. The summed E-state index contributed by atoms with van der Waals surface area (Å²) in [6.45, 7) is 7.67. The number of likely N-dealkylation sites (tertiary alicyclic amines) is 1. The highest BCUT2D eigenvalue weighted by molar-refractivity contribution is 5.94. The lowest BCUT2D eigenvalue weighted by molar-refractivity contribution is 0.0777. The molecule has 0 spiro atoms. The number of carbonyl (C=O) groups is 1. The van der Waals surface area contributed by atoms with E-state index in [0.717, 1.165) is 26.1 Å². The molecule has 0 aromatic heterocycles. The number of carbonyl (C=O) groups excluding carboxylic acids is 1. The number of anilines is 1. The van der Waals surface area contributed by atoms with Crippen LogP contribution in [0.2, 0.25) is 0 Å². The van der Waals surface area contributed by atoms with Gasteiger partial charge in [0.2, 0.25) is 0 Å². The van der Waals surface area contributed by atoms with Gasteiger partial charge < -0.3 is 10.6 Å². The lowest BCUT2D eigenvalue weighted by Crippen LogP contribution is -2.38. The van der Waals surface area contributed by atoms with Crippen LogP contribution in [0.5, 0.6) is 0 Å². The summed E-state index contributed by atoms with van der Waals surface area (Å²) in [6.07, 6.45) is 0.977. The van der Waals surface area contributed by atoms with E-state index in [0.29, 0.717) is 18.2 Å². The van der Waals surface area contributed by atoms with Crippen molar-refractivity contribution in [3.05, 3.63) is 29.6 Å². The van der Waals surface area contributed by atoms with Crippen LogP contribution in [0.15, 0.2) is 18.2 Å². The van der Waals surface area contributed by atoms with Crippen molar-refractivity contribution in [2.75, 3.05) is 31.9 Å². The summed E-state index contributed by atoms with van der Waals surface area (Å²) >= 11 is 0. The molecule has 1 aromatic carbocycles. The fraction of sp³-hybridized carbons (Fsp3) is 0.533. The van der Waals surface area contributed by atoms with E-state index in [1.54, 1.807) is 11.0 Å². The number of amides is 1. The third kappa shape index (κ3) is 2.93. The Labute approximate surface area is 119 Å². The number of nitrogens with two attached hydrogens (primary N) is 1. The van der Waals surface area contributed by atoms with Crippen LogP contribution in [0.1, 0.15) is 30.6 Å². The van der Waals surface area contributed by atoms with Crippen LogP contribution in [-0.4, -0.2) is 47.9 Å². The van der Waals surface area contributed by atoms with Gasteiger partial charge in [0.05, 0.1) is 5.69 Å². The fourth-order valence-corrected chi connectivity index (χ4v) is 2.81. The average Bonchev–Trinajstić information content (AvgIpc) is 2.92. The van der Waals surface area contributed by atoms with E-state index >= 15 is 0 Å². The van der Waals surface area contributed by atoms with E-state index in [-0.39, 0.29) is 11.6 Å². The van der Waals surface area contributed by atoms with Crippen molar-refractivity contribution in [3.8, 4) is 0 Å². The van der Waals surface area contributed by atoms with Crippen molar-refractivity contribution >= 4 is 11.6 Å². The van der Waals surface area contributed by atoms with Crippen LogP contribution in [-0.2, 0) is 0 Å². The second-order valence-electron chi connectivity index (χ2n) is 5.15. The van der Waals surface area contributed by atoms with Crippen molar-refractivity contribution in [3.63, 3.8) is 0 Å². The Kier molecular flexibility index (Phi) is 4.60. The van der Waals surface area contributed by atoms with Crippen molar-refractivity contribution in [2.24, 2.45) is 0 Å². The number of nitrogen functional groups attached to an aromatic ring is 1. The Morgan fingerprint density at radius 2 is 2.15 bits per heavy atom. The summed E-state index contributed by atoms with van der Waals surface area (Å²) in [7, 11) is 0. The van der Waals surface area contributed by atoms with Gasteiger partial charge in [-0.3, -0.25) is 9.69 Å². The number of likely N-dealkylation sites (N-methyl/N-ethyl adjacent to an activating group) is 1. The molecule has 0 aliphatic carbocycles. The molecule has 1 atom stereocenters. The number of nitrogens with zero attached hydrogens (tertiary/aromatic N) is 2. The first kappa shape index (κ1) is 14.8. The number of hydrogen-bond donors (Lipinski definition) is 1. The zero-order valence-corrected chi connectivity index (χ0v) is 12.1. The second-order valence-corrected chi connectivity index (χ2v) is 5.15. The fourth-order valence-electron chi connectivity index (χ4n) is 2.81. The summed E-state index contributed by atoms with van der Waals surface area (Å²) in [4.78, 5) is 16.5. The Bertz CT molecular complexity index is 488. The second kappa shape index (κ2) is 6.22. The largest absolute Gasteiger partial charge is 0.396 e. The van der Waals surface area contributed by atoms with Gasteiger partial charge in [0.1, 0.15) is 5.82 Å². The van der Waals surface area contributed by atoms with Gasteiger partial charge in [-0.05, 0) is 37.7 Å². The summed E-state index contributed by atoms with van der Waals surface area (Å²) < 4.78 is 13.4. The van der Waals surface area contributed by atoms with Gasteiger partial charge in [-0.2, -0.15) is 0 Å². The molecule has 1 aromatic rings. The predicted molar refractivity (Wildman–Crippen MR) is 78.0 cm³/mol. The van der Waals surface area contributed by atoms with E-state index in [9.17, 15) is 9.18 Å². The van der Waals surface area contributed by atoms with Gasteiger partial charge in [-0.15, -0.1) is 0 Å². The minimum absolute atomic E-state index is 0.0731. The van der Waals surface area contributed by atoms with Crippen LogP contribution in [0.4, 0.5) is 10.1 Å². The Morgan fingerprint density at radius 1 is 1.45 bits per heavy atom. The van der Waals surface area contributed by atoms with Crippen molar-refractivity contribution in [1.29, 1.82) is 0 Å². The smallest absolute Gasteiger partial charge is 0.254 e. The van der Waals surface area contributed by atoms with E-state index in [1.165, 1.54) is 12.1 Å². The van der Waals surface area contributed by atoms with Crippen LogP contribution in [0.3, 0.4) is 0 Å². The first-order valence-corrected chi connectivity index (χ1v) is 7.15. The van der Waals surface area contributed by atoms with E-state index in [2.05, 4.69) is 18.7 Å². The standard InChI is InChI=1S/C15H22FN3O/c1-3-18(4-2)12-7-8-19(10-12)15(20)11-5-6-14(17)13(16)9-11/h5-6,9,12H,3-4,7-8,10,17H2,1-2H3. The highest BCUT2D eigenvalue weighted by Crippen LogP contribution is 2.19. The number of rotatable bonds is 4. The maximum absolute atomic E-state index is 13.4. The maximum atomic E-state index is 13.4. The molecule has 1 saturated heterocycles. The van der Waals surface area contributed by atoms with Gasteiger partial charge in [-0.25, -0.2) is 4.39 Å². The Morgan fingerprint density at radius 3 is 2.75 bits per heavy atom. The summed E-state index contributed by atoms with van der Waals surface area (Å²) in [5.41, 5.74) is 5.88. The maximum Gasteiger partial charge on any atom is 0.254 e. The minimum atomic E-state index is -0.532. The molecule has 0 radical (unpaired) electrons. The first-order valence-electron chi connectivity index (χ1n) is 7.15. The molecule has 5 heteroatoms. The molecule has 1 heterocycles. The normalized spacial score (nSPS) is 18.8. The molecule has 1 fully saturated rings. The van der Waals surface area contributed by atoms with E-state index in [1.807, 2.05) is 0 Å². The molecule has 0 bridgehead atoms. The molecule has 1 aliphatic rings. The van der Waals surface area contributed by atoms with Crippen LogP contribution in [0, 0.1) is 5.82 Å². The first-order chi connectivity index (χ1) is 9.56. The lowest BCUT2D eigenvalue weighted by atomic mass is 10.1. The number of benzene rings is 1. The molecule has 2 N–H and O–H groups in total. The quantitative estimate of drug-likeness (QED) is 0.857. The molecular formula is C15H22FN3O. The van der Waals surface area contributed by atoms with Crippen LogP contribution < -0.4 is 5.73 Å². The average molecular weight is 279 g/mol. The summed E-state index contributed by atoms with van der Waals surface area (Å²) in [5, 5.41) is 0. The molecule has 20 heavy (non-hydrogen) atoms. The zero-order valence-electron chi connectivity index (χ0n) is 12.1. The predicted octanol–water partition coefficient (Wildman–Crippen LogP) is 1.96. The molecule has 1 amide bonds. The molecule has 4 nitrogen and oxygen atoms in total. The van der Waals surface area contributed by atoms with Crippen molar-refractivity contribution in [1.82, 2.24) is 9.80 Å². The van der Waals surface area contributed by atoms with Gasteiger partial charge in [0.15, 0.2) is 0 Å². The third-order valence-corrected chi connectivity index (χ3v) is 4.03. The van der Waals surface area contributed by atoms with Gasteiger partial charge in [0, 0.05) is 24.7 Å². The SMILES string of the molecule is CCN(CC)C1CCN(C(=O)c2ccc(N)c(F)c2)C1. The minimum Gasteiger partial charge on any atom is -0.396 e. The van der Waals surface area contributed by atoms with Gasteiger partial charge in [0.25, 0.3) is 5.91 Å². The molecular weight excluding hydrogens is 257 g/mol. The Hall–Kier alpha value is -1.62. The molecule has 1 unspecified atom stereocenters. The topological polar surface area (TPSA) is 49.6 Å². The lowest BCUT2D eigenvalue weighted by Gasteiger charge is -2.26. The highest BCUT2D eigenvalue weighted by atomic mass is 19.1. The van der Waals surface area contributed by atoms with E-state index < -0.39 is 5.82 Å². The van der Waals surface area contributed by atoms with E-state index in [4.69, 9.17) is 5.73 Å². The van der Waals surface area contributed by atoms with Crippen LogP contribution >= 0.6 is 0 Å². The highest BCUT2D eigenvalue weighted by Gasteiger charge is 2.29. The van der Waals surface area contributed by atoms with Crippen molar-refractivity contribution < 1.29 is 9.18 Å². The van der Waals surface area contributed by atoms with Gasteiger partial charge in [-0.1, -0.05) is 13.8 Å². The molecule has 1 aliphatic heterocycles. The Balaban J connectivity index is 2.05. The number of hydrogen-bond acceptors (Lipinski definition) is 3. The van der Waals surface area contributed by atoms with Gasteiger partial charge >= 0.3 is 0 Å². The summed E-state index contributed by atoms with van der Waals surface area (Å²) in [5.74, 6) is -0.645. The molecule has 110 valence electrons. The summed E-state index contributed by atoms with van der Waals surface area (Å²) in [6, 6.07) is 4.67.